The molecule has 0 aliphatic carbocycles. The average molecular weight is 269 g/mol. The molecule has 0 spiro atoms. The molecule has 1 saturated heterocycles. The molecule has 0 unspecified atom stereocenters. The van der Waals surface area contributed by atoms with Crippen molar-refractivity contribution in [3.8, 4) is 0 Å². The number of benzene rings is 1. The maximum Gasteiger partial charge on any atom is 0.311 e. The van der Waals surface area contributed by atoms with Crippen LogP contribution in [-0.2, 0) is 14.3 Å². The van der Waals surface area contributed by atoms with Gasteiger partial charge in [0.25, 0.3) is 0 Å². The van der Waals surface area contributed by atoms with Crippen LogP contribution in [-0.4, -0.2) is 25.0 Å². The van der Waals surface area contributed by atoms with E-state index in [1.54, 1.807) is 6.92 Å². The van der Waals surface area contributed by atoms with Crippen LogP contribution >= 0.6 is 0 Å². The molecular formula is C13H13F2NO3. The lowest BCUT2D eigenvalue weighted by molar-refractivity contribution is -0.147. The largest absolute Gasteiger partial charge is 0.466 e. The number of hydrogen-bond donors (Lipinski definition) is 0. The van der Waals surface area contributed by atoms with Gasteiger partial charge in [-0.2, -0.15) is 0 Å². The molecule has 2 rings (SSSR count). The molecule has 102 valence electrons. The summed E-state index contributed by atoms with van der Waals surface area (Å²) in [7, 11) is 0. The topological polar surface area (TPSA) is 46.6 Å². The van der Waals surface area contributed by atoms with Gasteiger partial charge in [0.05, 0.1) is 18.2 Å². The van der Waals surface area contributed by atoms with Gasteiger partial charge in [0.2, 0.25) is 5.91 Å². The van der Waals surface area contributed by atoms with Gasteiger partial charge in [-0.25, -0.2) is 8.78 Å². The minimum atomic E-state index is -0.821. The molecule has 6 heteroatoms. The molecule has 1 atom stereocenters. The molecule has 1 aliphatic rings. The first kappa shape index (κ1) is 13.5. The molecule has 1 aliphatic heterocycles. The van der Waals surface area contributed by atoms with E-state index in [0.29, 0.717) is 6.07 Å². The molecular weight excluding hydrogens is 256 g/mol. The fraction of sp³-hybridized carbons (Fsp3) is 0.385. The number of amides is 1. The summed E-state index contributed by atoms with van der Waals surface area (Å²) in [6.45, 7) is 1.96. The van der Waals surface area contributed by atoms with Crippen molar-refractivity contribution in [1.29, 1.82) is 0 Å². The number of ether oxygens (including phenoxy) is 1. The molecule has 0 saturated carbocycles. The first-order chi connectivity index (χ1) is 9.02. The van der Waals surface area contributed by atoms with E-state index in [2.05, 4.69) is 0 Å². The second kappa shape index (κ2) is 5.34. The lowest BCUT2D eigenvalue weighted by Gasteiger charge is -2.17. The van der Waals surface area contributed by atoms with Crippen molar-refractivity contribution >= 4 is 17.6 Å². The van der Waals surface area contributed by atoms with Crippen molar-refractivity contribution in [2.24, 2.45) is 5.92 Å². The SMILES string of the molecule is CCOC(=O)[C@H]1CC(=O)N(c2ccc(F)cc2F)C1. The summed E-state index contributed by atoms with van der Waals surface area (Å²) < 4.78 is 31.3. The van der Waals surface area contributed by atoms with Crippen molar-refractivity contribution in [2.45, 2.75) is 13.3 Å². The first-order valence-corrected chi connectivity index (χ1v) is 5.95. The lowest BCUT2D eigenvalue weighted by atomic mass is 10.1. The van der Waals surface area contributed by atoms with Crippen LogP contribution in [0.15, 0.2) is 18.2 Å². The summed E-state index contributed by atoms with van der Waals surface area (Å²) in [5, 5.41) is 0. The number of rotatable bonds is 3. The van der Waals surface area contributed by atoms with E-state index in [1.807, 2.05) is 0 Å². The van der Waals surface area contributed by atoms with Gasteiger partial charge in [0.1, 0.15) is 11.6 Å². The van der Waals surface area contributed by atoms with E-state index >= 15 is 0 Å². The highest BCUT2D eigenvalue weighted by Gasteiger charge is 2.37. The van der Waals surface area contributed by atoms with Crippen LogP contribution in [0.25, 0.3) is 0 Å². The summed E-state index contributed by atoms with van der Waals surface area (Å²) >= 11 is 0. The summed E-state index contributed by atoms with van der Waals surface area (Å²) in [5.41, 5.74) is -0.0156. The highest BCUT2D eigenvalue weighted by molar-refractivity contribution is 5.99. The van der Waals surface area contributed by atoms with Crippen LogP contribution in [0.1, 0.15) is 13.3 Å². The Hall–Kier alpha value is -1.98. The van der Waals surface area contributed by atoms with Crippen LogP contribution in [0.3, 0.4) is 0 Å². The van der Waals surface area contributed by atoms with Crippen molar-refractivity contribution in [3.05, 3.63) is 29.8 Å². The van der Waals surface area contributed by atoms with Crippen LogP contribution in [0.4, 0.5) is 14.5 Å². The number of anilines is 1. The quantitative estimate of drug-likeness (QED) is 0.787. The number of halogens is 2. The van der Waals surface area contributed by atoms with Gasteiger partial charge in [0, 0.05) is 19.0 Å². The van der Waals surface area contributed by atoms with Gasteiger partial charge in [0.15, 0.2) is 0 Å². The number of nitrogens with zero attached hydrogens (tertiary/aromatic N) is 1. The van der Waals surface area contributed by atoms with E-state index < -0.39 is 23.5 Å². The molecule has 19 heavy (non-hydrogen) atoms. The van der Waals surface area contributed by atoms with Gasteiger partial charge in [-0.1, -0.05) is 0 Å². The first-order valence-electron chi connectivity index (χ1n) is 5.95. The summed E-state index contributed by atoms with van der Waals surface area (Å²) in [4.78, 5) is 24.5. The third kappa shape index (κ3) is 2.72. The minimum Gasteiger partial charge on any atom is -0.466 e. The molecule has 1 aromatic carbocycles. The van der Waals surface area contributed by atoms with E-state index in [1.165, 1.54) is 6.07 Å². The Morgan fingerprint density at radius 2 is 2.21 bits per heavy atom. The fourth-order valence-electron chi connectivity index (χ4n) is 2.06. The normalized spacial score (nSPS) is 18.8. The van der Waals surface area contributed by atoms with Crippen LogP contribution < -0.4 is 4.90 Å². The van der Waals surface area contributed by atoms with Crippen molar-refractivity contribution in [3.63, 3.8) is 0 Å². The second-order valence-electron chi connectivity index (χ2n) is 4.25. The number of hydrogen-bond acceptors (Lipinski definition) is 3. The monoisotopic (exact) mass is 269 g/mol. The average Bonchev–Trinajstić information content (AvgIpc) is 2.72. The Balaban J connectivity index is 2.18. The Kier molecular flexibility index (Phi) is 3.78. The van der Waals surface area contributed by atoms with Crippen molar-refractivity contribution in [1.82, 2.24) is 0 Å². The predicted molar refractivity (Wildman–Crippen MR) is 63.5 cm³/mol. The number of carbonyl (C=O) groups excluding carboxylic acids is 2. The zero-order valence-electron chi connectivity index (χ0n) is 10.4. The summed E-state index contributed by atoms with van der Waals surface area (Å²) in [5.74, 6) is -2.98. The maximum atomic E-state index is 13.6. The Labute approximate surface area is 109 Å². The van der Waals surface area contributed by atoms with E-state index in [4.69, 9.17) is 4.74 Å². The highest BCUT2D eigenvalue weighted by Crippen LogP contribution is 2.28. The number of carbonyl (C=O) groups is 2. The van der Waals surface area contributed by atoms with E-state index in [-0.39, 0.29) is 31.2 Å². The zero-order valence-corrected chi connectivity index (χ0v) is 10.4. The minimum absolute atomic E-state index is 0.0156. The van der Waals surface area contributed by atoms with Crippen LogP contribution in [0, 0.1) is 17.6 Å². The standard InChI is InChI=1S/C13H13F2NO3/c1-2-19-13(18)8-5-12(17)16(7-8)11-4-3-9(14)6-10(11)15/h3-4,6,8H,2,5,7H2,1H3/t8-/m0/s1. The van der Waals surface area contributed by atoms with Gasteiger partial charge in [-0.3, -0.25) is 9.59 Å². The molecule has 0 bridgehead atoms. The summed E-state index contributed by atoms with van der Waals surface area (Å²) in [6, 6.07) is 2.97. The maximum absolute atomic E-state index is 13.6. The van der Waals surface area contributed by atoms with Crippen molar-refractivity contribution < 1.29 is 23.1 Å². The van der Waals surface area contributed by atoms with E-state index in [0.717, 1.165) is 11.0 Å². The van der Waals surface area contributed by atoms with Crippen LogP contribution in [0.5, 0.6) is 0 Å². The molecule has 1 heterocycles. The number of esters is 1. The smallest absolute Gasteiger partial charge is 0.311 e. The Morgan fingerprint density at radius 1 is 1.47 bits per heavy atom. The Morgan fingerprint density at radius 3 is 2.84 bits per heavy atom. The third-order valence-corrected chi connectivity index (χ3v) is 2.95. The van der Waals surface area contributed by atoms with Gasteiger partial charge < -0.3 is 9.64 Å². The second-order valence-corrected chi connectivity index (χ2v) is 4.25. The van der Waals surface area contributed by atoms with Gasteiger partial charge in [-0.05, 0) is 19.1 Å². The molecule has 1 amide bonds. The summed E-state index contributed by atoms with van der Waals surface area (Å²) in [6.07, 6.45) is -0.0182. The van der Waals surface area contributed by atoms with Crippen LogP contribution in [0.2, 0.25) is 0 Å². The molecule has 0 N–H and O–H groups in total. The molecule has 0 aromatic heterocycles. The zero-order chi connectivity index (χ0) is 14.0. The van der Waals surface area contributed by atoms with Gasteiger partial charge in [-0.15, -0.1) is 0 Å². The predicted octanol–water partition coefficient (Wildman–Crippen LogP) is 1.88. The molecule has 4 nitrogen and oxygen atoms in total. The Bertz CT molecular complexity index is 519. The van der Waals surface area contributed by atoms with Gasteiger partial charge >= 0.3 is 5.97 Å². The van der Waals surface area contributed by atoms with E-state index in [9.17, 15) is 18.4 Å². The third-order valence-electron chi connectivity index (χ3n) is 2.95. The molecule has 0 radical (unpaired) electrons. The highest BCUT2D eigenvalue weighted by atomic mass is 19.1. The van der Waals surface area contributed by atoms with Crippen molar-refractivity contribution in [2.75, 3.05) is 18.1 Å². The lowest BCUT2D eigenvalue weighted by Crippen LogP contribution is -2.27. The molecule has 1 fully saturated rings. The molecule has 1 aromatic rings. The fourth-order valence-corrected chi connectivity index (χ4v) is 2.06.